The van der Waals surface area contributed by atoms with E-state index in [1.807, 2.05) is 30.3 Å². The Morgan fingerprint density at radius 2 is 1.33 bits per heavy atom. The van der Waals surface area contributed by atoms with Crippen LogP contribution in [0.5, 0.6) is 17.2 Å². The molecule has 0 amide bonds. The number of azo groups is 2. The van der Waals surface area contributed by atoms with E-state index in [0.29, 0.717) is 24.5 Å². The van der Waals surface area contributed by atoms with Gasteiger partial charge in [0.2, 0.25) is 10.0 Å². The topological polar surface area (TPSA) is 195 Å². The molecule has 0 aromatic heterocycles. The Bertz CT molecular complexity index is 2300. The molecule has 5 aromatic rings. The van der Waals surface area contributed by atoms with Gasteiger partial charge in [0, 0.05) is 42.0 Å². The van der Waals surface area contributed by atoms with Gasteiger partial charge in [0.15, 0.2) is 5.75 Å². The molecule has 51 heavy (non-hydrogen) atoms. The Balaban J connectivity index is 0.00000583. The molecule has 0 heterocycles. The maximum absolute atomic E-state index is 12.8. The van der Waals surface area contributed by atoms with Gasteiger partial charge < -0.3 is 24.4 Å². The number of phenolic OH excluding ortho intramolecular Hbond substituents is 1. The van der Waals surface area contributed by atoms with Crippen LogP contribution in [0.2, 0.25) is 0 Å². The molecule has 0 spiro atoms. The van der Waals surface area contributed by atoms with E-state index in [2.05, 4.69) is 25.8 Å². The second-order valence-electron chi connectivity index (χ2n) is 10.6. The molecule has 0 aliphatic heterocycles. The molecule has 0 atom stereocenters. The molecule has 0 fully saturated rings. The minimum Gasteiger partial charge on any atom is -0.744 e. The SMILES string of the molecule is CCN(CC)S(=O)(=O)c1ccc(N=Nc2cc(OC)c(N=Nc3c(S(=O)(=O)[O-])cc4cc(Nc5ccccc5)ccc4c3O)cc2OC)cc1.[Na+]. The molecular formula is C34H33N6NaO8S2. The summed E-state index contributed by atoms with van der Waals surface area (Å²) in [6, 6.07) is 24.0. The molecule has 2 N–H and O–H groups in total. The first-order valence-electron chi connectivity index (χ1n) is 15.2. The molecule has 0 aliphatic rings. The number of ether oxygens (including phenoxy) is 2. The number of nitrogens with zero attached hydrogens (tertiary/aromatic N) is 5. The Morgan fingerprint density at radius 3 is 1.88 bits per heavy atom. The molecule has 0 bridgehead atoms. The zero-order valence-electron chi connectivity index (χ0n) is 28.4. The molecule has 0 saturated heterocycles. The van der Waals surface area contributed by atoms with Gasteiger partial charge in [-0.25, -0.2) is 16.8 Å². The van der Waals surface area contributed by atoms with Crippen LogP contribution in [0.4, 0.5) is 34.1 Å². The second-order valence-corrected chi connectivity index (χ2v) is 13.9. The predicted molar refractivity (Wildman–Crippen MR) is 188 cm³/mol. The van der Waals surface area contributed by atoms with E-state index < -0.39 is 36.5 Å². The van der Waals surface area contributed by atoms with Crippen molar-refractivity contribution < 1.29 is 65.5 Å². The fourth-order valence-corrected chi connectivity index (χ4v) is 7.14. The number of hydrogen-bond donors (Lipinski definition) is 2. The van der Waals surface area contributed by atoms with Crippen molar-refractivity contribution in [1.82, 2.24) is 4.31 Å². The quantitative estimate of drug-likeness (QED) is 0.0941. The summed E-state index contributed by atoms with van der Waals surface area (Å²) in [4.78, 5) is -0.639. The first kappa shape index (κ1) is 39.4. The largest absolute Gasteiger partial charge is 1.00 e. The van der Waals surface area contributed by atoms with E-state index in [9.17, 15) is 26.5 Å². The number of sulfonamides is 1. The van der Waals surface area contributed by atoms with Crippen molar-refractivity contribution in [3.63, 3.8) is 0 Å². The molecule has 0 aliphatic carbocycles. The van der Waals surface area contributed by atoms with Gasteiger partial charge in [0.25, 0.3) is 0 Å². The normalized spacial score (nSPS) is 12.0. The minimum absolute atomic E-state index is 0. The summed E-state index contributed by atoms with van der Waals surface area (Å²) in [5, 5.41) is 31.3. The van der Waals surface area contributed by atoms with Crippen molar-refractivity contribution in [2.75, 3.05) is 32.6 Å². The Kier molecular flexibility index (Phi) is 12.9. The van der Waals surface area contributed by atoms with Crippen LogP contribution >= 0.6 is 0 Å². The first-order chi connectivity index (χ1) is 23.9. The zero-order valence-corrected chi connectivity index (χ0v) is 32.1. The fourth-order valence-electron chi connectivity index (χ4n) is 5.04. The van der Waals surface area contributed by atoms with Gasteiger partial charge in [-0.2, -0.15) is 9.42 Å². The van der Waals surface area contributed by atoms with Crippen LogP contribution in [0.15, 0.2) is 121 Å². The first-order valence-corrected chi connectivity index (χ1v) is 18.0. The summed E-state index contributed by atoms with van der Waals surface area (Å²) in [5.74, 6) is -0.242. The van der Waals surface area contributed by atoms with E-state index >= 15 is 0 Å². The van der Waals surface area contributed by atoms with Crippen LogP contribution in [0.3, 0.4) is 0 Å². The second kappa shape index (κ2) is 16.7. The van der Waals surface area contributed by atoms with E-state index in [4.69, 9.17) is 9.47 Å². The number of fused-ring (bicyclic) bond motifs is 1. The number of aromatic hydroxyl groups is 1. The average Bonchev–Trinajstić information content (AvgIpc) is 3.10. The number of hydrogen-bond acceptors (Lipinski definition) is 13. The van der Waals surface area contributed by atoms with Gasteiger partial charge in [0.1, 0.15) is 38.7 Å². The van der Waals surface area contributed by atoms with Crippen LogP contribution in [0.25, 0.3) is 10.8 Å². The van der Waals surface area contributed by atoms with Crippen molar-refractivity contribution in [1.29, 1.82) is 0 Å². The number of nitrogens with one attached hydrogen (secondary N) is 1. The summed E-state index contributed by atoms with van der Waals surface area (Å²) in [7, 11) is -6.01. The van der Waals surface area contributed by atoms with E-state index in [-0.39, 0.29) is 68.1 Å². The van der Waals surface area contributed by atoms with Gasteiger partial charge in [-0.3, -0.25) is 0 Å². The molecule has 14 nitrogen and oxygen atoms in total. The van der Waals surface area contributed by atoms with Gasteiger partial charge >= 0.3 is 29.6 Å². The predicted octanol–water partition coefficient (Wildman–Crippen LogP) is 5.08. The van der Waals surface area contributed by atoms with Crippen LogP contribution < -0.4 is 44.3 Å². The number of rotatable bonds is 13. The van der Waals surface area contributed by atoms with E-state index in [0.717, 1.165) is 11.8 Å². The van der Waals surface area contributed by atoms with Crippen molar-refractivity contribution in [2.24, 2.45) is 20.5 Å². The Morgan fingerprint density at radius 1 is 0.745 bits per heavy atom. The number of benzene rings is 5. The number of phenols is 1. The monoisotopic (exact) mass is 740 g/mol. The van der Waals surface area contributed by atoms with Crippen molar-refractivity contribution in [3.05, 3.63) is 91.0 Å². The zero-order chi connectivity index (χ0) is 36.1. The third-order valence-corrected chi connectivity index (χ3v) is 10.5. The van der Waals surface area contributed by atoms with Gasteiger partial charge in [0.05, 0.1) is 29.7 Å². The molecule has 5 aromatic carbocycles. The average molecular weight is 741 g/mol. The third-order valence-electron chi connectivity index (χ3n) is 7.57. The van der Waals surface area contributed by atoms with Gasteiger partial charge in [-0.1, -0.05) is 32.0 Å². The Hall–Kier alpha value is -4.42. The van der Waals surface area contributed by atoms with Crippen LogP contribution in [-0.4, -0.2) is 58.1 Å². The molecule has 0 unspecified atom stereocenters. The van der Waals surface area contributed by atoms with Crippen LogP contribution in [0, 0.1) is 0 Å². The van der Waals surface area contributed by atoms with Crippen LogP contribution in [-0.2, 0) is 20.1 Å². The van der Waals surface area contributed by atoms with E-state index in [1.54, 1.807) is 32.0 Å². The standard InChI is InChI=1S/C34H34N6O8S2.Na/c1-5-40(6-2)49(42,43)26-15-12-24(13-16-26)36-37-28-20-31(48-4)29(21-30(28)47-3)38-39-33-32(50(44,45)46)19-22-18-25(14-17-27(22)34(33)41)35-23-10-8-7-9-11-23;/h7-21,35,41H,5-6H2,1-4H3,(H,44,45,46);/q;+1/p-1. The molecule has 0 radical (unpaired) electrons. The maximum atomic E-state index is 12.8. The molecule has 260 valence electrons. The van der Waals surface area contributed by atoms with Gasteiger partial charge in [-0.15, -0.1) is 15.3 Å². The summed E-state index contributed by atoms with van der Waals surface area (Å²) in [5.41, 5.74) is 1.49. The van der Waals surface area contributed by atoms with Crippen molar-refractivity contribution in [2.45, 2.75) is 23.6 Å². The molecule has 5 rings (SSSR count). The third kappa shape index (κ3) is 8.91. The van der Waals surface area contributed by atoms with Gasteiger partial charge in [-0.05, 0) is 66.0 Å². The molecule has 0 saturated carbocycles. The summed E-state index contributed by atoms with van der Waals surface area (Å²) >= 11 is 0. The van der Waals surface area contributed by atoms with Crippen molar-refractivity contribution >= 4 is 65.0 Å². The Labute approximate surface area is 318 Å². The fraction of sp³-hybridized carbons (Fsp3) is 0.176. The van der Waals surface area contributed by atoms with Crippen LogP contribution in [0.1, 0.15) is 13.8 Å². The summed E-state index contributed by atoms with van der Waals surface area (Å²) in [6.07, 6.45) is 0. The summed E-state index contributed by atoms with van der Waals surface area (Å²) in [6.45, 7) is 4.21. The molecular weight excluding hydrogens is 708 g/mol. The number of para-hydroxylation sites is 1. The van der Waals surface area contributed by atoms with E-state index in [1.165, 1.54) is 54.9 Å². The smallest absolute Gasteiger partial charge is 0.744 e. The number of anilines is 2. The number of methoxy groups -OCH3 is 2. The molecule has 17 heteroatoms. The van der Waals surface area contributed by atoms with Crippen molar-refractivity contribution in [3.8, 4) is 17.2 Å². The maximum Gasteiger partial charge on any atom is 1.00 e. The minimum atomic E-state index is -5.11. The summed E-state index contributed by atoms with van der Waals surface area (Å²) < 4.78 is 74.8.